The van der Waals surface area contributed by atoms with Gasteiger partial charge in [-0.3, -0.25) is 9.69 Å². The van der Waals surface area contributed by atoms with Crippen LogP contribution in [0.5, 0.6) is 0 Å². The van der Waals surface area contributed by atoms with Gasteiger partial charge in [0.1, 0.15) is 5.78 Å². The van der Waals surface area contributed by atoms with Gasteiger partial charge in [-0.05, 0) is 19.9 Å². The molecule has 0 aromatic carbocycles. The zero-order chi connectivity index (χ0) is 9.90. The van der Waals surface area contributed by atoms with Gasteiger partial charge in [-0.15, -0.1) is 0 Å². The van der Waals surface area contributed by atoms with Gasteiger partial charge < -0.3 is 0 Å². The summed E-state index contributed by atoms with van der Waals surface area (Å²) in [7, 11) is -2.84. The fourth-order valence-electron chi connectivity index (χ4n) is 1.46. The number of sulfone groups is 1. The monoisotopic (exact) mass is 205 g/mol. The van der Waals surface area contributed by atoms with Crippen LogP contribution in [-0.4, -0.2) is 50.2 Å². The van der Waals surface area contributed by atoms with Crippen LogP contribution < -0.4 is 0 Å². The van der Waals surface area contributed by atoms with Crippen molar-refractivity contribution < 1.29 is 13.2 Å². The van der Waals surface area contributed by atoms with Gasteiger partial charge in [0.2, 0.25) is 0 Å². The number of hydrogen-bond acceptors (Lipinski definition) is 4. The second-order valence-electron chi connectivity index (χ2n) is 3.48. The van der Waals surface area contributed by atoms with Crippen LogP contribution >= 0.6 is 0 Å². The van der Waals surface area contributed by atoms with Crippen LogP contribution in [-0.2, 0) is 14.6 Å². The topological polar surface area (TPSA) is 54.5 Å². The highest BCUT2D eigenvalue weighted by atomic mass is 32.2. The molecule has 0 unspecified atom stereocenters. The predicted octanol–water partition coefficient (Wildman–Crippen LogP) is -0.304. The molecule has 0 spiro atoms. The van der Waals surface area contributed by atoms with Crippen molar-refractivity contribution in [3.8, 4) is 0 Å². The quantitative estimate of drug-likeness (QED) is 0.621. The largest absolute Gasteiger partial charge is 0.299 e. The minimum atomic E-state index is -2.84. The summed E-state index contributed by atoms with van der Waals surface area (Å²) in [5.74, 6) is 0.557. The third kappa shape index (κ3) is 3.87. The molecule has 76 valence electrons. The number of carbonyl (C=O) groups excluding carboxylic acids is 1. The lowest BCUT2D eigenvalue weighted by Crippen LogP contribution is -2.31. The molecular formula is C8H15NO3S. The van der Waals surface area contributed by atoms with Crippen molar-refractivity contribution in [3.63, 3.8) is 0 Å². The van der Waals surface area contributed by atoms with Crippen molar-refractivity contribution in [1.29, 1.82) is 0 Å². The third-order valence-electron chi connectivity index (χ3n) is 2.09. The van der Waals surface area contributed by atoms with E-state index in [-0.39, 0.29) is 17.3 Å². The normalized spacial score (nSPS) is 23.8. The van der Waals surface area contributed by atoms with Crippen LogP contribution in [0.2, 0.25) is 0 Å². The van der Waals surface area contributed by atoms with Crippen molar-refractivity contribution in [2.24, 2.45) is 0 Å². The molecule has 0 aromatic rings. The minimum absolute atomic E-state index is 0.0966. The van der Waals surface area contributed by atoms with Gasteiger partial charge in [-0.2, -0.15) is 0 Å². The van der Waals surface area contributed by atoms with E-state index in [1.807, 2.05) is 4.90 Å². The van der Waals surface area contributed by atoms with Crippen LogP contribution in [0.1, 0.15) is 13.3 Å². The summed E-state index contributed by atoms with van der Waals surface area (Å²) in [4.78, 5) is 12.7. The van der Waals surface area contributed by atoms with Crippen molar-refractivity contribution in [2.45, 2.75) is 13.3 Å². The molecule has 1 aliphatic heterocycles. The highest BCUT2D eigenvalue weighted by Crippen LogP contribution is 2.04. The van der Waals surface area contributed by atoms with E-state index in [0.29, 0.717) is 19.5 Å². The Morgan fingerprint density at radius 2 is 2.00 bits per heavy atom. The Morgan fingerprint density at radius 1 is 1.31 bits per heavy atom. The van der Waals surface area contributed by atoms with Crippen LogP contribution in [0.4, 0.5) is 0 Å². The average Bonchev–Trinajstić information content (AvgIpc) is 2.12. The molecule has 4 nitrogen and oxygen atoms in total. The van der Waals surface area contributed by atoms with E-state index in [9.17, 15) is 13.2 Å². The van der Waals surface area contributed by atoms with Crippen molar-refractivity contribution in [3.05, 3.63) is 0 Å². The van der Waals surface area contributed by atoms with Crippen molar-refractivity contribution in [2.75, 3.05) is 31.1 Å². The second-order valence-corrected chi connectivity index (χ2v) is 5.79. The second kappa shape index (κ2) is 4.19. The highest BCUT2D eigenvalue weighted by molar-refractivity contribution is 7.91. The van der Waals surface area contributed by atoms with E-state index < -0.39 is 9.84 Å². The summed E-state index contributed by atoms with van der Waals surface area (Å²) in [5.41, 5.74) is 0. The van der Waals surface area contributed by atoms with E-state index >= 15 is 0 Å². The average molecular weight is 205 g/mol. The summed E-state index contributed by atoms with van der Waals surface area (Å²) >= 11 is 0. The van der Waals surface area contributed by atoms with Crippen LogP contribution in [0, 0.1) is 0 Å². The fourth-order valence-corrected chi connectivity index (χ4v) is 2.77. The van der Waals surface area contributed by atoms with Gasteiger partial charge in [0.25, 0.3) is 0 Å². The summed E-state index contributed by atoms with van der Waals surface area (Å²) in [6.45, 7) is 3.13. The smallest absolute Gasteiger partial charge is 0.151 e. The maximum atomic E-state index is 11.2. The summed E-state index contributed by atoms with van der Waals surface area (Å²) < 4.78 is 22.4. The van der Waals surface area contributed by atoms with E-state index in [2.05, 4.69) is 0 Å². The SMILES string of the molecule is CC(=O)CN1CCCS(=O)(=O)CC1. The lowest BCUT2D eigenvalue weighted by Gasteiger charge is -2.16. The van der Waals surface area contributed by atoms with E-state index in [1.165, 1.54) is 6.92 Å². The summed E-state index contributed by atoms with van der Waals surface area (Å²) in [6.07, 6.45) is 0.648. The molecule has 1 heterocycles. The van der Waals surface area contributed by atoms with Crippen molar-refractivity contribution in [1.82, 2.24) is 4.90 Å². The Hall–Kier alpha value is -0.420. The maximum Gasteiger partial charge on any atom is 0.151 e. The first-order valence-corrected chi connectivity index (χ1v) is 6.24. The van der Waals surface area contributed by atoms with Gasteiger partial charge in [0, 0.05) is 6.54 Å². The standard InChI is InChI=1S/C8H15NO3S/c1-8(10)7-9-3-2-5-13(11,12)6-4-9/h2-7H2,1H3. The first kappa shape index (κ1) is 10.7. The summed E-state index contributed by atoms with van der Waals surface area (Å²) in [6, 6.07) is 0. The number of Topliss-reactive ketones (excluding diaryl/α,β-unsaturated/α-hetero) is 1. The molecule has 1 saturated heterocycles. The number of hydrogen-bond donors (Lipinski definition) is 0. The highest BCUT2D eigenvalue weighted by Gasteiger charge is 2.19. The van der Waals surface area contributed by atoms with Crippen LogP contribution in [0.3, 0.4) is 0 Å². The molecule has 1 fully saturated rings. The number of carbonyl (C=O) groups is 1. The van der Waals surface area contributed by atoms with Crippen LogP contribution in [0.15, 0.2) is 0 Å². The molecular weight excluding hydrogens is 190 g/mol. The lowest BCUT2D eigenvalue weighted by atomic mass is 10.3. The zero-order valence-corrected chi connectivity index (χ0v) is 8.64. The van der Waals surface area contributed by atoms with E-state index in [4.69, 9.17) is 0 Å². The first-order valence-electron chi connectivity index (χ1n) is 4.42. The molecule has 0 saturated carbocycles. The first-order chi connectivity index (χ1) is 5.99. The van der Waals surface area contributed by atoms with Crippen LogP contribution in [0.25, 0.3) is 0 Å². The molecule has 0 N–H and O–H groups in total. The molecule has 0 bridgehead atoms. The predicted molar refractivity (Wildman–Crippen MR) is 50.4 cm³/mol. The van der Waals surface area contributed by atoms with Crippen molar-refractivity contribution >= 4 is 15.6 Å². The molecule has 13 heavy (non-hydrogen) atoms. The molecule has 5 heteroatoms. The Labute approximate surface area is 78.8 Å². The van der Waals surface area contributed by atoms with Gasteiger partial charge in [0.05, 0.1) is 18.1 Å². The van der Waals surface area contributed by atoms with Gasteiger partial charge in [-0.1, -0.05) is 0 Å². The molecule has 0 aromatic heterocycles. The minimum Gasteiger partial charge on any atom is -0.299 e. The van der Waals surface area contributed by atoms with Gasteiger partial charge >= 0.3 is 0 Å². The van der Waals surface area contributed by atoms with E-state index in [1.54, 1.807) is 0 Å². The molecule has 1 aliphatic rings. The fraction of sp³-hybridized carbons (Fsp3) is 0.875. The Balaban J connectivity index is 2.50. The van der Waals surface area contributed by atoms with Gasteiger partial charge in [-0.25, -0.2) is 8.42 Å². The van der Waals surface area contributed by atoms with Gasteiger partial charge in [0.15, 0.2) is 9.84 Å². The molecule has 1 rings (SSSR count). The Kier molecular flexibility index (Phi) is 3.44. The number of ketones is 1. The maximum absolute atomic E-state index is 11.2. The molecule has 0 radical (unpaired) electrons. The summed E-state index contributed by atoms with van der Waals surface area (Å²) in [5, 5.41) is 0. The molecule has 0 amide bonds. The number of rotatable bonds is 2. The molecule has 0 atom stereocenters. The lowest BCUT2D eigenvalue weighted by molar-refractivity contribution is -0.118. The Bertz CT molecular complexity index is 284. The Morgan fingerprint density at radius 3 is 2.62 bits per heavy atom. The third-order valence-corrected chi connectivity index (χ3v) is 3.81. The van der Waals surface area contributed by atoms with E-state index in [0.717, 1.165) is 6.54 Å². The number of nitrogens with zero attached hydrogens (tertiary/aromatic N) is 1. The zero-order valence-electron chi connectivity index (χ0n) is 7.82. The molecule has 0 aliphatic carbocycles.